The van der Waals surface area contributed by atoms with Crippen molar-refractivity contribution in [3.8, 4) is 17.6 Å². The van der Waals surface area contributed by atoms with Gasteiger partial charge in [0.25, 0.3) is 0 Å². The molecule has 0 amide bonds. The van der Waals surface area contributed by atoms with E-state index in [1.807, 2.05) is 13.0 Å². The van der Waals surface area contributed by atoms with Gasteiger partial charge in [0.1, 0.15) is 11.6 Å². The molecule has 0 saturated carbocycles. The van der Waals surface area contributed by atoms with Gasteiger partial charge in [-0.05, 0) is 57.0 Å². The average molecular weight is 396 g/mol. The Labute approximate surface area is 169 Å². The Morgan fingerprint density at radius 2 is 1.90 bits per heavy atom. The van der Waals surface area contributed by atoms with E-state index in [0.717, 1.165) is 0 Å². The molecule has 0 saturated heterocycles. The number of Topliss-reactive ketones (excluding diaryl/α,β-unsaturated/α-hetero) is 1. The number of aromatic amines is 1. The van der Waals surface area contributed by atoms with Crippen molar-refractivity contribution in [1.29, 1.82) is 5.26 Å². The van der Waals surface area contributed by atoms with Crippen molar-refractivity contribution in [1.82, 2.24) is 4.98 Å². The van der Waals surface area contributed by atoms with Crippen LogP contribution in [0.4, 0.5) is 0 Å². The number of allylic oxidation sites excluding steroid dienone is 1. The molecule has 0 radical (unpaired) electrons. The lowest BCUT2D eigenvalue weighted by Gasteiger charge is -2.09. The Morgan fingerprint density at radius 1 is 1.17 bits per heavy atom. The number of aromatic nitrogens is 1. The van der Waals surface area contributed by atoms with Crippen LogP contribution in [-0.2, 0) is 4.74 Å². The maximum Gasteiger partial charge on any atom is 0.340 e. The Kier molecular flexibility index (Phi) is 7.21. The predicted molar refractivity (Wildman–Crippen MR) is 108 cm³/mol. The summed E-state index contributed by atoms with van der Waals surface area (Å²) >= 11 is 0. The lowest BCUT2D eigenvalue weighted by molar-refractivity contribution is 0.0525. The molecular weight excluding hydrogens is 372 g/mol. The normalized spacial score (nSPS) is 11.0. The maximum atomic E-state index is 13.0. The first-order valence-corrected chi connectivity index (χ1v) is 9.21. The third-order valence-corrected chi connectivity index (χ3v) is 4.31. The largest absolute Gasteiger partial charge is 0.493 e. The summed E-state index contributed by atoms with van der Waals surface area (Å²) in [6.07, 6.45) is 1.48. The Balaban J connectivity index is 2.44. The smallest absolute Gasteiger partial charge is 0.340 e. The molecule has 0 atom stereocenters. The highest BCUT2D eigenvalue weighted by Gasteiger charge is 2.24. The molecule has 0 unspecified atom stereocenters. The quantitative estimate of drug-likeness (QED) is 0.313. The van der Waals surface area contributed by atoms with Crippen molar-refractivity contribution in [3.05, 3.63) is 51.9 Å². The van der Waals surface area contributed by atoms with Gasteiger partial charge in [0, 0.05) is 5.69 Å². The van der Waals surface area contributed by atoms with E-state index in [1.165, 1.54) is 13.2 Å². The minimum Gasteiger partial charge on any atom is -0.493 e. The van der Waals surface area contributed by atoms with E-state index in [0.29, 0.717) is 40.5 Å². The molecule has 0 bridgehead atoms. The molecule has 7 heteroatoms. The van der Waals surface area contributed by atoms with Gasteiger partial charge < -0.3 is 19.2 Å². The number of carbonyl (C=O) groups excluding carboxylic acids is 2. The number of ketones is 1. The fourth-order valence-electron chi connectivity index (χ4n) is 2.99. The molecule has 0 aliphatic rings. The van der Waals surface area contributed by atoms with E-state index in [-0.39, 0.29) is 17.9 Å². The van der Waals surface area contributed by atoms with Crippen molar-refractivity contribution in [2.75, 3.05) is 20.3 Å². The van der Waals surface area contributed by atoms with Crippen LogP contribution >= 0.6 is 0 Å². The minimum atomic E-state index is -0.503. The van der Waals surface area contributed by atoms with Crippen LogP contribution < -0.4 is 9.47 Å². The average Bonchev–Trinajstić information content (AvgIpc) is 3.00. The summed E-state index contributed by atoms with van der Waals surface area (Å²) in [6.45, 7) is 7.58. The number of nitrogens with one attached hydrogen (secondary N) is 1. The van der Waals surface area contributed by atoms with Gasteiger partial charge in [-0.15, -0.1) is 0 Å². The van der Waals surface area contributed by atoms with Gasteiger partial charge in [-0.1, -0.05) is 6.07 Å². The second-order valence-electron chi connectivity index (χ2n) is 6.19. The number of aryl methyl sites for hydroxylation is 1. The van der Waals surface area contributed by atoms with Crippen molar-refractivity contribution >= 4 is 17.8 Å². The van der Waals surface area contributed by atoms with E-state index in [9.17, 15) is 14.9 Å². The fraction of sp³-hybridized carbons (Fsp3) is 0.318. The van der Waals surface area contributed by atoms with E-state index in [4.69, 9.17) is 14.2 Å². The summed E-state index contributed by atoms with van der Waals surface area (Å²) in [6, 6.07) is 7.07. The van der Waals surface area contributed by atoms with Crippen molar-refractivity contribution < 1.29 is 23.8 Å². The van der Waals surface area contributed by atoms with E-state index >= 15 is 0 Å². The first-order chi connectivity index (χ1) is 13.9. The maximum absolute atomic E-state index is 13.0. The highest BCUT2D eigenvalue weighted by molar-refractivity contribution is 6.15. The molecule has 0 fully saturated rings. The summed E-state index contributed by atoms with van der Waals surface area (Å²) in [5.41, 5.74) is 2.03. The molecule has 1 heterocycles. The molecule has 0 aliphatic carbocycles. The number of benzene rings is 1. The zero-order chi connectivity index (χ0) is 21.6. The van der Waals surface area contributed by atoms with Crippen LogP contribution in [0.3, 0.4) is 0 Å². The lowest BCUT2D eigenvalue weighted by Crippen LogP contribution is -2.08. The van der Waals surface area contributed by atoms with Gasteiger partial charge in [0.05, 0.1) is 31.6 Å². The van der Waals surface area contributed by atoms with Crippen molar-refractivity contribution in [2.24, 2.45) is 0 Å². The molecule has 152 valence electrons. The number of ether oxygens (including phenoxy) is 3. The molecule has 0 aliphatic heterocycles. The summed E-state index contributed by atoms with van der Waals surface area (Å²) < 4.78 is 15.8. The van der Waals surface area contributed by atoms with Crippen LogP contribution in [0.25, 0.3) is 6.08 Å². The van der Waals surface area contributed by atoms with Gasteiger partial charge in [0.15, 0.2) is 11.5 Å². The number of rotatable bonds is 8. The van der Waals surface area contributed by atoms with Gasteiger partial charge in [0.2, 0.25) is 5.78 Å². The molecule has 0 spiro atoms. The Morgan fingerprint density at radius 3 is 2.48 bits per heavy atom. The number of methoxy groups -OCH3 is 1. The first kappa shape index (κ1) is 21.8. The van der Waals surface area contributed by atoms with E-state index in [2.05, 4.69) is 4.98 Å². The Hall–Kier alpha value is -3.53. The van der Waals surface area contributed by atoms with Crippen LogP contribution in [0.5, 0.6) is 11.5 Å². The predicted octanol–water partition coefficient (Wildman–Crippen LogP) is 4.01. The molecular formula is C22H24N2O5. The number of H-pyrrole nitrogens is 1. The number of carbonyl (C=O) groups is 2. The third kappa shape index (κ3) is 4.66. The monoisotopic (exact) mass is 396 g/mol. The van der Waals surface area contributed by atoms with Gasteiger partial charge >= 0.3 is 5.97 Å². The van der Waals surface area contributed by atoms with Crippen LogP contribution in [0.15, 0.2) is 23.8 Å². The molecule has 29 heavy (non-hydrogen) atoms. The number of nitrogens with zero attached hydrogens (tertiary/aromatic N) is 1. The van der Waals surface area contributed by atoms with E-state index < -0.39 is 11.8 Å². The van der Waals surface area contributed by atoms with Gasteiger partial charge in [-0.25, -0.2) is 4.79 Å². The van der Waals surface area contributed by atoms with Gasteiger partial charge in [-0.3, -0.25) is 4.79 Å². The topological polar surface area (TPSA) is 101 Å². The number of esters is 1. The fourth-order valence-corrected chi connectivity index (χ4v) is 2.99. The minimum absolute atomic E-state index is 0.0719. The number of nitriles is 1. The van der Waals surface area contributed by atoms with Crippen LogP contribution in [0.1, 0.15) is 51.5 Å². The summed E-state index contributed by atoms with van der Waals surface area (Å²) in [4.78, 5) is 28.0. The van der Waals surface area contributed by atoms with Crippen molar-refractivity contribution in [2.45, 2.75) is 27.7 Å². The summed E-state index contributed by atoms with van der Waals surface area (Å²) in [5, 5.41) is 9.55. The standard InChI is InChI=1S/C22H24N2O5/c1-6-28-18-11-15(8-9-17(18)27-5)10-16(12-23)21(25)20-13(3)19(14(4)24-20)22(26)29-7-2/h8-11,24H,6-7H2,1-5H3/b16-10+. The number of hydrogen-bond acceptors (Lipinski definition) is 6. The number of hydrogen-bond donors (Lipinski definition) is 1. The highest BCUT2D eigenvalue weighted by Crippen LogP contribution is 2.29. The molecule has 1 N–H and O–H groups in total. The lowest BCUT2D eigenvalue weighted by atomic mass is 10.0. The zero-order valence-electron chi connectivity index (χ0n) is 17.2. The summed E-state index contributed by atoms with van der Waals surface area (Å²) in [7, 11) is 1.54. The van der Waals surface area contributed by atoms with Crippen LogP contribution in [0.2, 0.25) is 0 Å². The highest BCUT2D eigenvalue weighted by atomic mass is 16.5. The summed E-state index contributed by atoms with van der Waals surface area (Å²) in [5.74, 6) is 0.0722. The van der Waals surface area contributed by atoms with Crippen molar-refractivity contribution in [3.63, 3.8) is 0 Å². The molecule has 1 aromatic heterocycles. The molecule has 2 aromatic rings. The van der Waals surface area contributed by atoms with Crippen LogP contribution in [0, 0.1) is 25.2 Å². The first-order valence-electron chi connectivity index (χ1n) is 9.21. The van der Waals surface area contributed by atoms with Crippen LogP contribution in [-0.4, -0.2) is 37.1 Å². The molecule has 1 aromatic carbocycles. The zero-order valence-corrected chi connectivity index (χ0v) is 17.2. The molecule has 2 rings (SSSR count). The Bertz CT molecular complexity index is 995. The second kappa shape index (κ2) is 9.60. The SMILES string of the molecule is CCOC(=O)c1c(C)[nH]c(C(=O)/C(C#N)=C/c2ccc(OC)c(OCC)c2)c1C. The van der Waals surface area contributed by atoms with E-state index in [1.54, 1.807) is 39.0 Å². The third-order valence-electron chi connectivity index (χ3n) is 4.31. The second-order valence-corrected chi connectivity index (χ2v) is 6.19. The molecule has 7 nitrogen and oxygen atoms in total. The van der Waals surface area contributed by atoms with Gasteiger partial charge in [-0.2, -0.15) is 5.26 Å².